The summed E-state index contributed by atoms with van der Waals surface area (Å²) in [6.45, 7) is 5.06. The average Bonchev–Trinajstić information content (AvgIpc) is 2.72. The van der Waals surface area contributed by atoms with Gasteiger partial charge in [-0.25, -0.2) is 0 Å². The number of nitrogens with one attached hydrogen (secondary N) is 1. The zero-order valence-electron chi connectivity index (χ0n) is 10.1. The maximum absolute atomic E-state index is 5.62. The van der Waals surface area contributed by atoms with Crippen molar-refractivity contribution in [3.63, 3.8) is 0 Å². The molecule has 1 fully saturated rings. The zero-order valence-corrected chi connectivity index (χ0v) is 10.1. The lowest BCUT2D eigenvalue weighted by Crippen LogP contribution is -2.44. The van der Waals surface area contributed by atoms with Crippen molar-refractivity contribution in [2.75, 3.05) is 13.7 Å². The Labute approximate surface area is 92.5 Å². The van der Waals surface area contributed by atoms with Gasteiger partial charge in [-0.15, -0.1) is 0 Å². The summed E-state index contributed by atoms with van der Waals surface area (Å²) in [5.74, 6) is 5.55. The van der Waals surface area contributed by atoms with E-state index in [1.165, 1.54) is 0 Å². The summed E-state index contributed by atoms with van der Waals surface area (Å²) in [5.41, 5.74) is 2.78. The fourth-order valence-electron chi connectivity index (χ4n) is 1.90. The first-order valence-electron chi connectivity index (χ1n) is 5.72. The van der Waals surface area contributed by atoms with Crippen LogP contribution < -0.4 is 11.3 Å². The monoisotopic (exact) mass is 216 g/mol. The molecule has 0 bridgehead atoms. The Bertz CT molecular complexity index is 179. The minimum Gasteiger partial charge on any atom is -0.379 e. The number of ether oxygens (including phenoxy) is 2. The highest BCUT2D eigenvalue weighted by atomic mass is 16.5. The number of hydrogen-bond acceptors (Lipinski definition) is 4. The summed E-state index contributed by atoms with van der Waals surface area (Å²) in [5, 5.41) is 0. The highest BCUT2D eigenvalue weighted by molar-refractivity contribution is 4.81. The molecule has 0 radical (unpaired) electrons. The molecule has 4 nitrogen and oxygen atoms in total. The van der Waals surface area contributed by atoms with Gasteiger partial charge in [0, 0.05) is 19.8 Å². The van der Waals surface area contributed by atoms with Gasteiger partial charge in [-0.3, -0.25) is 11.3 Å². The van der Waals surface area contributed by atoms with Gasteiger partial charge in [-0.2, -0.15) is 0 Å². The first-order chi connectivity index (χ1) is 7.09. The molecule has 0 saturated carbocycles. The highest BCUT2D eigenvalue weighted by Gasteiger charge is 2.27. The van der Waals surface area contributed by atoms with Crippen molar-refractivity contribution in [3.05, 3.63) is 0 Å². The molecule has 15 heavy (non-hydrogen) atoms. The molecule has 90 valence electrons. The molecule has 0 aromatic heterocycles. The highest BCUT2D eigenvalue weighted by Crippen LogP contribution is 2.22. The number of rotatable bonds is 6. The second-order valence-electron chi connectivity index (χ2n) is 4.83. The molecule has 3 N–H and O–H groups in total. The summed E-state index contributed by atoms with van der Waals surface area (Å²) in [6, 6.07) is 0.252. The van der Waals surface area contributed by atoms with Gasteiger partial charge in [0.1, 0.15) is 0 Å². The van der Waals surface area contributed by atoms with E-state index < -0.39 is 0 Å². The van der Waals surface area contributed by atoms with Crippen LogP contribution in [0.15, 0.2) is 0 Å². The van der Waals surface area contributed by atoms with Crippen LogP contribution in [0.25, 0.3) is 0 Å². The van der Waals surface area contributed by atoms with Gasteiger partial charge in [-0.05, 0) is 39.5 Å². The lowest BCUT2D eigenvalue weighted by Gasteiger charge is -2.28. The lowest BCUT2D eigenvalue weighted by molar-refractivity contribution is 0.00396. The molecule has 2 unspecified atom stereocenters. The van der Waals surface area contributed by atoms with Crippen molar-refractivity contribution >= 4 is 0 Å². The normalized spacial score (nSPS) is 24.4. The first kappa shape index (κ1) is 12.9. The fraction of sp³-hybridized carbons (Fsp3) is 1.00. The fourth-order valence-corrected chi connectivity index (χ4v) is 1.90. The molecule has 1 heterocycles. The molecule has 1 aliphatic heterocycles. The Morgan fingerprint density at radius 2 is 2.33 bits per heavy atom. The van der Waals surface area contributed by atoms with Crippen LogP contribution in [0.1, 0.15) is 39.5 Å². The molecule has 4 heteroatoms. The summed E-state index contributed by atoms with van der Waals surface area (Å²) >= 11 is 0. The maximum atomic E-state index is 5.62. The zero-order chi connectivity index (χ0) is 11.3. The SMILES string of the molecule is COC(C)(C)CCC(NN)C1CCCO1. The maximum Gasteiger partial charge on any atom is 0.0742 e. The summed E-state index contributed by atoms with van der Waals surface area (Å²) in [4.78, 5) is 0. The van der Waals surface area contributed by atoms with E-state index in [-0.39, 0.29) is 17.7 Å². The van der Waals surface area contributed by atoms with Crippen LogP contribution in [0.3, 0.4) is 0 Å². The second-order valence-corrected chi connectivity index (χ2v) is 4.83. The van der Waals surface area contributed by atoms with Crippen molar-refractivity contribution in [2.45, 2.75) is 57.3 Å². The molecule has 0 amide bonds. The number of nitrogens with two attached hydrogens (primary N) is 1. The number of hydrogen-bond donors (Lipinski definition) is 2. The van der Waals surface area contributed by atoms with E-state index >= 15 is 0 Å². The molecule has 0 aromatic rings. The van der Waals surface area contributed by atoms with Gasteiger partial charge in [0.15, 0.2) is 0 Å². The topological polar surface area (TPSA) is 56.5 Å². The van der Waals surface area contributed by atoms with Gasteiger partial charge in [0.05, 0.1) is 11.7 Å². The number of hydrazine groups is 1. The molecule has 0 spiro atoms. The van der Waals surface area contributed by atoms with E-state index in [0.717, 1.165) is 32.3 Å². The summed E-state index contributed by atoms with van der Waals surface area (Å²) in [7, 11) is 1.75. The molecule has 2 atom stereocenters. The third-order valence-electron chi connectivity index (χ3n) is 3.24. The van der Waals surface area contributed by atoms with Crippen molar-refractivity contribution in [3.8, 4) is 0 Å². The van der Waals surface area contributed by atoms with Crippen LogP contribution >= 0.6 is 0 Å². The van der Waals surface area contributed by atoms with Crippen molar-refractivity contribution < 1.29 is 9.47 Å². The molecular formula is C11H24N2O2. The largest absolute Gasteiger partial charge is 0.379 e. The lowest BCUT2D eigenvalue weighted by atomic mass is 9.95. The van der Waals surface area contributed by atoms with E-state index in [4.69, 9.17) is 15.3 Å². The van der Waals surface area contributed by atoms with Crippen molar-refractivity contribution in [2.24, 2.45) is 5.84 Å². The van der Waals surface area contributed by atoms with Gasteiger partial charge in [0.2, 0.25) is 0 Å². The van der Waals surface area contributed by atoms with Crippen LogP contribution in [-0.2, 0) is 9.47 Å². The van der Waals surface area contributed by atoms with Gasteiger partial charge < -0.3 is 9.47 Å². The third-order valence-corrected chi connectivity index (χ3v) is 3.24. The van der Waals surface area contributed by atoms with Gasteiger partial charge in [0.25, 0.3) is 0 Å². The van der Waals surface area contributed by atoms with Gasteiger partial charge >= 0.3 is 0 Å². The van der Waals surface area contributed by atoms with Crippen molar-refractivity contribution in [1.29, 1.82) is 0 Å². The van der Waals surface area contributed by atoms with E-state index in [1.807, 2.05) is 0 Å². The van der Waals surface area contributed by atoms with E-state index in [0.29, 0.717) is 0 Å². The van der Waals surface area contributed by atoms with Crippen molar-refractivity contribution in [1.82, 2.24) is 5.43 Å². The van der Waals surface area contributed by atoms with Crippen LogP contribution in [0.5, 0.6) is 0 Å². The minimum atomic E-state index is -0.0757. The predicted molar refractivity (Wildman–Crippen MR) is 60.4 cm³/mol. The van der Waals surface area contributed by atoms with E-state index in [1.54, 1.807) is 7.11 Å². The van der Waals surface area contributed by atoms with Crippen LogP contribution in [0.4, 0.5) is 0 Å². The molecule has 1 rings (SSSR count). The molecule has 0 aliphatic carbocycles. The Kier molecular flexibility index (Phi) is 4.99. The molecule has 1 saturated heterocycles. The molecule has 1 aliphatic rings. The Balaban J connectivity index is 2.33. The Morgan fingerprint density at radius 3 is 2.80 bits per heavy atom. The third kappa shape index (κ3) is 4.07. The van der Waals surface area contributed by atoms with Crippen LogP contribution in [-0.4, -0.2) is 31.5 Å². The molecule has 0 aromatic carbocycles. The Hall–Kier alpha value is -0.160. The van der Waals surface area contributed by atoms with E-state index in [2.05, 4.69) is 19.3 Å². The standard InChI is InChI=1S/C11H24N2O2/c1-11(2,14-3)7-6-9(13-12)10-5-4-8-15-10/h9-10,13H,4-8,12H2,1-3H3. The average molecular weight is 216 g/mol. The second kappa shape index (κ2) is 5.80. The van der Waals surface area contributed by atoms with Gasteiger partial charge in [-0.1, -0.05) is 0 Å². The summed E-state index contributed by atoms with van der Waals surface area (Å²) < 4.78 is 11.0. The summed E-state index contributed by atoms with van der Waals surface area (Å²) in [6.07, 6.45) is 4.52. The molecular weight excluding hydrogens is 192 g/mol. The Morgan fingerprint density at radius 1 is 1.60 bits per heavy atom. The van der Waals surface area contributed by atoms with E-state index in [9.17, 15) is 0 Å². The van der Waals surface area contributed by atoms with Crippen LogP contribution in [0, 0.1) is 0 Å². The minimum absolute atomic E-state index is 0.0757. The predicted octanol–water partition coefficient (Wildman–Crippen LogP) is 1.20. The quantitative estimate of drug-likeness (QED) is 0.517. The first-order valence-corrected chi connectivity index (χ1v) is 5.72. The number of methoxy groups -OCH3 is 1. The van der Waals surface area contributed by atoms with Crippen LogP contribution in [0.2, 0.25) is 0 Å². The smallest absolute Gasteiger partial charge is 0.0742 e.